The summed E-state index contributed by atoms with van der Waals surface area (Å²) < 4.78 is 34.7. The van der Waals surface area contributed by atoms with E-state index >= 15 is 0 Å². The number of aromatic nitrogens is 4. The lowest BCUT2D eigenvalue weighted by molar-refractivity contribution is -0.131. The van der Waals surface area contributed by atoms with E-state index in [1.807, 2.05) is 18.7 Å². The van der Waals surface area contributed by atoms with Gasteiger partial charge >= 0.3 is 0 Å². The van der Waals surface area contributed by atoms with Crippen molar-refractivity contribution in [3.8, 4) is 5.82 Å². The fourth-order valence-electron chi connectivity index (χ4n) is 4.05. The van der Waals surface area contributed by atoms with Crippen molar-refractivity contribution in [1.82, 2.24) is 24.4 Å². The maximum atomic E-state index is 14.0. The van der Waals surface area contributed by atoms with Crippen molar-refractivity contribution in [2.45, 2.75) is 33.2 Å². The molecule has 9 nitrogen and oxygen atoms in total. The zero-order chi connectivity index (χ0) is 24.2. The second-order valence-corrected chi connectivity index (χ2v) is 7.98. The summed E-state index contributed by atoms with van der Waals surface area (Å²) in [5.41, 5.74) is 0.964. The first-order valence-electron chi connectivity index (χ1n) is 11.5. The fraction of sp³-hybridized carbons (Fsp3) is 0.478. The first-order valence-corrected chi connectivity index (χ1v) is 11.5. The number of morpholine rings is 1. The Balaban J connectivity index is 1.80. The first kappa shape index (κ1) is 23.8. The minimum absolute atomic E-state index is 0.0896. The Hall–Kier alpha value is -3.34. The number of likely N-dealkylation sites (N-methyl/N-ethyl adjacent to an activating group) is 1. The van der Waals surface area contributed by atoms with Gasteiger partial charge in [0.15, 0.2) is 5.82 Å². The van der Waals surface area contributed by atoms with E-state index in [2.05, 4.69) is 20.3 Å². The second kappa shape index (κ2) is 10.3. The number of hydrogen-bond donors (Lipinski definition) is 1. The van der Waals surface area contributed by atoms with Crippen molar-refractivity contribution in [2.24, 2.45) is 0 Å². The molecule has 1 N–H and O–H groups in total. The van der Waals surface area contributed by atoms with Crippen LogP contribution >= 0.6 is 0 Å². The summed E-state index contributed by atoms with van der Waals surface area (Å²) in [6.07, 6.45) is -2.80. The number of amides is 1. The number of alkyl halides is 2. The van der Waals surface area contributed by atoms with Crippen LogP contribution in [0.3, 0.4) is 0 Å². The SMILES string of the molecule is CCN(CC)C(=O)[C@H](C)Nc1nc(N2CCOCC2)cc(-n2c(C(F)F)nc3ccccc32)n1. The van der Waals surface area contributed by atoms with E-state index in [9.17, 15) is 13.6 Å². The van der Waals surface area contributed by atoms with Crippen LogP contribution in [0, 0.1) is 0 Å². The number of anilines is 2. The molecule has 1 aliphatic rings. The van der Waals surface area contributed by atoms with E-state index in [1.54, 1.807) is 42.2 Å². The zero-order valence-corrected chi connectivity index (χ0v) is 19.5. The van der Waals surface area contributed by atoms with Gasteiger partial charge < -0.3 is 19.9 Å². The summed E-state index contributed by atoms with van der Waals surface area (Å²) in [4.78, 5) is 29.8. The Labute approximate surface area is 196 Å². The molecule has 1 atom stereocenters. The fourth-order valence-corrected chi connectivity index (χ4v) is 4.05. The number of benzene rings is 1. The van der Waals surface area contributed by atoms with E-state index in [-0.39, 0.29) is 17.7 Å². The molecule has 4 rings (SSSR count). The molecular weight excluding hydrogens is 444 g/mol. The van der Waals surface area contributed by atoms with E-state index in [1.165, 1.54) is 4.57 Å². The van der Waals surface area contributed by atoms with E-state index < -0.39 is 18.3 Å². The van der Waals surface area contributed by atoms with Gasteiger partial charge in [-0.2, -0.15) is 9.97 Å². The van der Waals surface area contributed by atoms with Crippen LogP contribution in [0.25, 0.3) is 16.9 Å². The van der Waals surface area contributed by atoms with Gasteiger partial charge in [0.05, 0.1) is 24.2 Å². The molecular formula is C23H29F2N7O2. The highest BCUT2D eigenvalue weighted by molar-refractivity contribution is 5.84. The summed E-state index contributed by atoms with van der Waals surface area (Å²) in [6, 6.07) is 8.01. The van der Waals surface area contributed by atoms with Crippen molar-refractivity contribution in [3.05, 3.63) is 36.2 Å². The number of hydrogen-bond acceptors (Lipinski definition) is 7. The van der Waals surface area contributed by atoms with Crippen LogP contribution in [0.4, 0.5) is 20.5 Å². The van der Waals surface area contributed by atoms with Gasteiger partial charge in [-0.1, -0.05) is 12.1 Å². The second-order valence-electron chi connectivity index (χ2n) is 7.98. The van der Waals surface area contributed by atoms with E-state index in [0.717, 1.165) is 0 Å². The number of fused-ring (bicyclic) bond motifs is 1. The quantitative estimate of drug-likeness (QED) is 0.537. The van der Waals surface area contributed by atoms with Gasteiger partial charge in [0.2, 0.25) is 11.9 Å². The van der Waals surface area contributed by atoms with Gasteiger partial charge in [0.1, 0.15) is 17.7 Å². The standard InChI is InChI=1S/C23H29F2N7O2/c1-4-30(5-2)22(33)15(3)26-23-28-18(31-10-12-34-13-11-31)14-19(29-23)32-17-9-7-6-8-16(17)27-21(32)20(24)25/h6-9,14-15,20H,4-5,10-13H2,1-3H3,(H,26,28,29)/t15-/m0/s1. The molecule has 3 heterocycles. The Bertz CT molecular complexity index is 1140. The summed E-state index contributed by atoms with van der Waals surface area (Å²) in [5, 5.41) is 3.08. The predicted molar refractivity (Wildman–Crippen MR) is 126 cm³/mol. The minimum Gasteiger partial charge on any atom is -0.378 e. The highest BCUT2D eigenvalue weighted by atomic mass is 19.3. The Morgan fingerprint density at radius 1 is 1.12 bits per heavy atom. The monoisotopic (exact) mass is 473 g/mol. The van der Waals surface area contributed by atoms with E-state index in [4.69, 9.17) is 4.74 Å². The highest BCUT2D eigenvalue weighted by Crippen LogP contribution is 2.29. The maximum absolute atomic E-state index is 14.0. The van der Waals surface area contributed by atoms with Gasteiger partial charge in [0.25, 0.3) is 6.43 Å². The van der Waals surface area contributed by atoms with Crippen molar-refractivity contribution in [3.63, 3.8) is 0 Å². The predicted octanol–water partition coefficient (Wildman–Crippen LogP) is 3.26. The molecule has 0 radical (unpaired) electrons. The molecule has 1 aromatic carbocycles. The lowest BCUT2D eigenvalue weighted by Gasteiger charge is -2.29. The molecule has 34 heavy (non-hydrogen) atoms. The highest BCUT2D eigenvalue weighted by Gasteiger charge is 2.25. The summed E-state index contributed by atoms with van der Waals surface area (Å²) in [5.74, 6) is 0.520. The number of ether oxygens (including phenoxy) is 1. The molecule has 2 aromatic heterocycles. The number of imidazole rings is 1. The third kappa shape index (κ3) is 4.79. The molecule has 1 fully saturated rings. The van der Waals surface area contributed by atoms with Crippen LogP contribution in [-0.2, 0) is 9.53 Å². The lowest BCUT2D eigenvalue weighted by atomic mass is 10.3. The minimum atomic E-state index is -2.80. The van der Waals surface area contributed by atoms with Gasteiger partial charge in [-0.3, -0.25) is 9.36 Å². The topological polar surface area (TPSA) is 88.4 Å². The van der Waals surface area contributed by atoms with Crippen molar-refractivity contribution in [1.29, 1.82) is 0 Å². The van der Waals surface area contributed by atoms with Crippen LogP contribution in [0.2, 0.25) is 0 Å². The summed E-state index contributed by atoms with van der Waals surface area (Å²) in [6.45, 7) is 9.02. The average Bonchev–Trinajstić information content (AvgIpc) is 3.25. The number of halogens is 2. The average molecular weight is 474 g/mol. The maximum Gasteiger partial charge on any atom is 0.296 e. The normalized spacial score (nSPS) is 15.1. The molecule has 1 amide bonds. The zero-order valence-electron chi connectivity index (χ0n) is 19.5. The number of nitrogens with one attached hydrogen (secondary N) is 1. The molecule has 0 saturated carbocycles. The largest absolute Gasteiger partial charge is 0.378 e. The van der Waals surface area contributed by atoms with E-state index in [0.29, 0.717) is 56.2 Å². The lowest BCUT2D eigenvalue weighted by Crippen LogP contribution is -2.41. The first-order chi connectivity index (χ1) is 16.4. The number of rotatable bonds is 8. The van der Waals surface area contributed by atoms with Crippen LogP contribution in [0.1, 0.15) is 33.0 Å². The summed E-state index contributed by atoms with van der Waals surface area (Å²) >= 11 is 0. The molecule has 1 aliphatic heterocycles. The molecule has 0 spiro atoms. The van der Waals surface area contributed by atoms with Gasteiger partial charge in [-0.15, -0.1) is 0 Å². The molecule has 3 aromatic rings. The number of para-hydroxylation sites is 2. The van der Waals surface area contributed by atoms with Gasteiger partial charge in [0, 0.05) is 32.2 Å². The molecule has 1 saturated heterocycles. The van der Waals surface area contributed by atoms with Crippen LogP contribution < -0.4 is 10.2 Å². The van der Waals surface area contributed by atoms with Crippen molar-refractivity contribution < 1.29 is 18.3 Å². The number of carbonyl (C=O) groups is 1. The Morgan fingerprint density at radius 2 is 1.79 bits per heavy atom. The molecule has 0 bridgehead atoms. The van der Waals surface area contributed by atoms with Crippen molar-refractivity contribution >= 4 is 28.7 Å². The van der Waals surface area contributed by atoms with Crippen LogP contribution in [0.5, 0.6) is 0 Å². The Kier molecular flexibility index (Phi) is 7.20. The smallest absolute Gasteiger partial charge is 0.296 e. The number of carbonyl (C=O) groups excluding carboxylic acids is 1. The third-order valence-corrected chi connectivity index (χ3v) is 5.84. The Morgan fingerprint density at radius 3 is 2.47 bits per heavy atom. The number of nitrogens with zero attached hydrogens (tertiary/aromatic N) is 6. The van der Waals surface area contributed by atoms with Gasteiger partial charge in [-0.05, 0) is 32.9 Å². The molecule has 182 valence electrons. The van der Waals surface area contributed by atoms with Crippen molar-refractivity contribution in [2.75, 3.05) is 49.6 Å². The van der Waals surface area contributed by atoms with Crippen LogP contribution in [-0.4, -0.2) is 75.8 Å². The van der Waals surface area contributed by atoms with Gasteiger partial charge in [-0.25, -0.2) is 13.8 Å². The summed E-state index contributed by atoms with van der Waals surface area (Å²) in [7, 11) is 0. The third-order valence-electron chi connectivity index (χ3n) is 5.84. The molecule has 0 aliphatic carbocycles. The molecule has 0 unspecified atom stereocenters. The van der Waals surface area contributed by atoms with Crippen LogP contribution in [0.15, 0.2) is 30.3 Å². The molecule has 11 heteroatoms.